The van der Waals surface area contributed by atoms with Crippen molar-refractivity contribution in [1.29, 1.82) is 0 Å². The summed E-state index contributed by atoms with van der Waals surface area (Å²) in [6, 6.07) is 0.537. The van der Waals surface area contributed by atoms with Gasteiger partial charge in [0.25, 0.3) is 0 Å². The number of thiocarbonyl (C=S) groups is 1. The Morgan fingerprint density at radius 2 is 1.89 bits per heavy atom. The predicted octanol–water partition coefficient (Wildman–Crippen LogP) is 0.106. The van der Waals surface area contributed by atoms with Crippen LogP contribution in [0.15, 0.2) is 0 Å². The van der Waals surface area contributed by atoms with Crippen LogP contribution in [0.1, 0.15) is 13.8 Å². The lowest BCUT2D eigenvalue weighted by molar-refractivity contribution is -0.0124. The van der Waals surface area contributed by atoms with Crippen LogP contribution in [-0.2, 0) is 0 Å². The molecule has 2 unspecified atom stereocenters. The van der Waals surface area contributed by atoms with Gasteiger partial charge in [0.05, 0.1) is 0 Å². The first-order valence-corrected chi connectivity index (χ1v) is 7.50. The highest BCUT2D eigenvalue weighted by Gasteiger charge is 2.51. The molecular weight excluding hydrogens is 244 g/mol. The lowest BCUT2D eigenvalue weighted by atomic mass is 9.69. The van der Waals surface area contributed by atoms with Gasteiger partial charge in [-0.25, -0.2) is 0 Å². The molecule has 0 aromatic rings. The molecule has 0 aromatic carbocycles. The predicted molar refractivity (Wildman–Crippen MR) is 77.7 cm³/mol. The van der Waals surface area contributed by atoms with E-state index in [-0.39, 0.29) is 0 Å². The van der Waals surface area contributed by atoms with Crippen molar-refractivity contribution >= 4 is 17.3 Å². The Hall–Kier alpha value is -0.390. The van der Waals surface area contributed by atoms with Gasteiger partial charge in [0.2, 0.25) is 0 Å². The van der Waals surface area contributed by atoms with E-state index in [1.165, 1.54) is 39.3 Å². The summed E-state index contributed by atoms with van der Waals surface area (Å²) in [6.07, 6.45) is 0. The molecule has 4 fully saturated rings. The molecule has 4 aliphatic rings. The van der Waals surface area contributed by atoms with E-state index in [1.54, 1.807) is 0 Å². The monoisotopic (exact) mass is 268 g/mol. The van der Waals surface area contributed by atoms with Crippen LogP contribution in [0.25, 0.3) is 0 Å². The molecule has 102 valence electrons. The summed E-state index contributed by atoms with van der Waals surface area (Å²) in [5.41, 5.74) is 0.344. The van der Waals surface area contributed by atoms with Gasteiger partial charge in [-0.2, -0.15) is 0 Å². The van der Waals surface area contributed by atoms with Crippen LogP contribution < -0.4 is 10.6 Å². The summed E-state index contributed by atoms with van der Waals surface area (Å²) in [7, 11) is 0. The molecule has 4 saturated heterocycles. The summed E-state index contributed by atoms with van der Waals surface area (Å²) >= 11 is 5.39. The molecular formula is C13H24N4S. The Morgan fingerprint density at radius 3 is 2.39 bits per heavy atom. The van der Waals surface area contributed by atoms with Crippen LogP contribution in [-0.4, -0.2) is 66.8 Å². The standard InChI is InChI=1S/C13H24N4S/c1-3-14-12(18)15-11-10-6-16-4-5-17(7-10)9-13(11,2)8-16/h10-11H,3-9H2,1-2H3,(H2,14,15,18)/t10?,11-,13?/m0/s1. The molecule has 4 aliphatic heterocycles. The second-order valence-electron chi connectivity index (χ2n) is 6.37. The second-order valence-corrected chi connectivity index (χ2v) is 6.77. The maximum Gasteiger partial charge on any atom is 0.166 e. The number of nitrogens with one attached hydrogen (secondary N) is 2. The van der Waals surface area contributed by atoms with E-state index in [9.17, 15) is 0 Å². The summed E-state index contributed by atoms with van der Waals surface area (Å²) in [5.74, 6) is 0.719. The van der Waals surface area contributed by atoms with Crippen molar-refractivity contribution in [2.75, 3.05) is 45.8 Å². The van der Waals surface area contributed by atoms with Gasteiger partial charge >= 0.3 is 0 Å². The number of hydrogen-bond donors (Lipinski definition) is 2. The Labute approximate surface area is 115 Å². The van der Waals surface area contributed by atoms with Gasteiger partial charge in [-0.05, 0) is 19.1 Å². The van der Waals surface area contributed by atoms with Crippen molar-refractivity contribution in [1.82, 2.24) is 20.4 Å². The maximum absolute atomic E-state index is 5.39. The Kier molecular flexibility index (Phi) is 3.24. The van der Waals surface area contributed by atoms with Crippen molar-refractivity contribution in [2.45, 2.75) is 19.9 Å². The minimum absolute atomic E-state index is 0.344. The third-order valence-electron chi connectivity index (χ3n) is 4.73. The molecule has 18 heavy (non-hydrogen) atoms. The van der Waals surface area contributed by atoms with Crippen molar-refractivity contribution < 1.29 is 0 Å². The average molecular weight is 268 g/mol. The topological polar surface area (TPSA) is 30.5 Å². The highest BCUT2D eigenvalue weighted by molar-refractivity contribution is 7.80. The molecule has 0 amide bonds. The van der Waals surface area contributed by atoms with E-state index in [0.717, 1.165) is 17.6 Å². The highest BCUT2D eigenvalue weighted by Crippen LogP contribution is 2.40. The zero-order valence-corrected chi connectivity index (χ0v) is 12.2. The lowest BCUT2D eigenvalue weighted by Crippen LogP contribution is -2.68. The Bertz CT molecular complexity index is 330. The van der Waals surface area contributed by atoms with E-state index in [4.69, 9.17) is 12.2 Å². The number of piperidine rings is 2. The first kappa shape index (κ1) is 12.6. The van der Waals surface area contributed by atoms with Gasteiger partial charge in [-0.3, -0.25) is 0 Å². The summed E-state index contributed by atoms with van der Waals surface area (Å²) in [6.45, 7) is 12.8. The minimum Gasteiger partial charge on any atom is -0.363 e. The molecule has 4 nitrogen and oxygen atoms in total. The lowest BCUT2D eigenvalue weighted by Gasteiger charge is -2.54. The first-order valence-electron chi connectivity index (χ1n) is 7.10. The zero-order valence-electron chi connectivity index (χ0n) is 11.4. The average Bonchev–Trinajstić information content (AvgIpc) is 2.52. The van der Waals surface area contributed by atoms with Crippen LogP contribution in [0.3, 0.4) is 0 Å². The molecule has 0 aliphatic carbocycles. The normalized spacial score (nSPS) is 45.7. The molecule has 5 heteroatoms. The zero-order chi connectivity index (χ0) is 12.8. The molecule has 3 atom stereocenters. The summed E-state index contributed by atoms with van der Waals surface area (Å²) in [5, 5.41) is 7.66. The molecule has 0 aromatic heterocycles. The van der Waals surface area contributed by atoms with Crippen molar-refractivity contribution in [3.8, 4) is 0 Å². The molecule has 2 N–H and O–H groups in total. The molecule has 4 rings (SSSR count). The van der Waals surface area contributed by atoms with E-state index < -0.39 is 0 Å². The third kappa shape index (κ3) is 2.12. The fourth-order valence-electron chi connectivity index (χ4n) is 4.17. The van der Waals surface area contributed by atoms with Crippen LogP contribution in [0.2, 0.25) is 0 Å². The fraction of sp³-hybridized carbons (Fsp3) is 0.923. The molecule has 0 radical (unpaired) electrons. The minimum atomic E-state index is 0.344. The van der Waals surface area contributed by atoms with Gasteiger partial charge in [0.15, 0.2) is 5.11 Å². The van der Waals surface area contributed by atoms with Gasteiger partial charge in [-0.15, -0.1) is 0 Å². The Morgan fingerprint density at radius 1 is 1.28 bits per heavy atom. The largest absolute Gasteiger partial charge is 0.363 e. The number of fused-ring (bicyclic) bond motifs is 1. The smallest absolute Gasteiger partial charge is 0.166 e. The van der Waals surface area contributed by atoms with Gasteiger partial charge in [0.1, 0.15) is 0 Å². The van der Waals surface area contributed by atoms with Crippen LogP contribution >= 0.6 is 12.2 Å². The fourth-order valence-corrected chi connectivity index (χ4v) is 4.44. The summed E-state index contributed by atoms with van der Waals surface area (Å²) < 4.78 is 0. The van der Waals surface area contributed by atoms with Crippen molar-refractivity contribution in [3.63, 3.8) is 0 Å². The van der Waals surface area contributed by atoms with Crippen LogP contribution in [0, 0.1) is 11.3 Å². The van der Waals surface area contributed by atoms with Gasteiger partial charge in [0, 0.05) is 63.2 Å². The van der Waals surface area contributed by atoms with Crippen LogP contribution in [0.5, 0.6) is 0 Å². The van der Waals surface area contributed by atoms with E-state index in [1.807, 2.05) is 0 Å². The third-order valence-corrected chi connectivity index (χ3v) is 5.00. The highest BCUT2D eigenvalue weighted by atomic mass is 32.1. The molecule has 4 bridgehead atoms. The van der Waals surface area contributed by atoms with Crippen LogP contribution in [0.4, 0.5) is 0 Å². The van der Waals surface area contributed by atoms with Gasteiger partial charge in [-0.1, -0.05) is 6.92 Å². The SMILES string of the molecule is CCNC(=S)N[C@H]1C2CN3CCN(C2)CC1(C)C3. The van der Waals surface area contributed by atoms with E-state index in [2.05, 4.69) is 34.3 Å². The van der Waals surface area contributed by atoms with E-state index >= 15 is 0 Å². The molecule has 4 heterocycles. The van der Waals surface area contributed by atoms with Gasteiger partial charge < -0.3 is 20.4 Å². The molecule has 0 saturated carbocycles. The number of rotatable bonds is 2. The first-order chi connectivity index (χ1) is 8.60. The quantitative estimate of drug-likeness (QED) is 0.694. The number of hydrogen-bond acceptors (Lipinski definition) is 3. The maximum atomic E-state index is 5.39. The van der Waals surface area contributed by atoms with E-state index in [0.29, 0.717) is 11.5 Å². The number of nitrogens with zero attached hydrogens (tertiary/aromatic N) is 2. The second kappa shape index (κ2) is 4.62. The van der Waals surface area contributed by atoms with Crippen molar-refractivity contribution in [3.05, 3.63) is 0 Å². The summed E-state index contributed by atoms with van der Waals surface area (Å²) in [4.78, 5) is 5.29. The van der Waals surface area contributed by atoms with Crippen molar-refractivity contribution in [2.24, 2.45) is 11.3 Å². The molecule has 0 spiro atoms. The Balaban J connectivity index is 1.77.